The number of carbonyl (C=O) groups excluding carboxylic acids is 1. The highest BCUT2D eigenvalue weighted by atomic mass is 32.2. The van der Waals surface area contributed by atoms with Crippen molar-refractivity contribution in [1.82, 2.24) is 14.2 Å². The average molecular weight is 404 g/mol. The number of hydrogen-bond donors (Lipinski definition) is 1. The topological polar surface area (TPSA) is 71.4 Å². The van der Waals surface area contributed by atoms with Crippen LogP contribution in [0.15, 0.2) is 35.4 Å². The van der Waals surface area contributed by atoms with E-state index in [1.165, 1.54) is 12.8 Å². The lowest BCUT2D eigenvalue weighted by Crippen LogP contribution is -2.35. The first-order chi connectivity index (χ1) is 13.5. The molecule has 6 nitrogen and oxygen atoms in total. The summed E-state index contributed by atoms with van der Waals surface area (Å²) in [6, 6.07) is 7.59. The van der Waals surface area contributed by atoms with Gasteiger partial charge in [-0.3, -0.25) is 4.79 Å². The highest BCUT2D eigenvalue weighted by Gasteiger charge is 2.26. The molecule has 2 heterocycles. The van der Waals surface area contributed by atoms with Gasteiger partial charge in [0.25, 0.3) is 0 Å². The van der Waals surface area contributed by atoms with Crippen molar-refractivity contribution < 1.29 is 13.2 Å². The van der Waals surface area contributed by atoms with E-state index < -0.39 is 10.0 Å². The SMILES string of the molecule is O=C(CCn1ccc2cc(S(=O)(=O)N3CCCCC3)ccc21)NC1CCCC1. The Balaban J connectivity index is 1.44. The molecule has 1 saturated heterocycles. The van der Waals surface area contributed by atoms with Gasteiger partial charge in [-0.15, -0.1) is 0 Å². The van der Waals surface area contributed by atoms with Crippen molar-refractivity contribution in [3.05, 3.63) is 30.5 Å². The van der Waals surface area contributed by atoms with Crippen LogP contribution < -0.4 is 5.32 Å². The number of amides is 1. The minimum atomic E-state index is -3.42. The van der Waals surface area contributed by atoms with Crippen molar-refractivity contribution in [2.45, 2.75) is 68.8 Å². The molecule has 2 aromatic rings. The van der Waals surface area contributed by atoms with Crippen LogP contribution in [0.2, 0.25) is 0 Å². The third-order valence-electron chi connectivity index (χ3n) is 6.00. The Morgan fingerprint density at radius 1 is 1.04 bits per heavy atom. The van der Waals surface area contributed by atoms with Gasteiger partial charge in [0.2, 0.25) is 15.9 Å². The first kappa shape index (κ1) is 19.5. The largest absolute Gasteiger partial charge is 0.353 e. The maximum Gasteiger partial charge on any atom is 0.243 e. The fraction of sp³-hybridized carbons (Fsp3) is 0.571. The second kappa shape index (κ2) is 8.25. The van der Waals surface area contributed by atoms with Crippen LogP contribution >= 0.6 is 0 Å². The maximum absolute atomic E-state index is 12.9. The molecule has 7 heteroatoms. The number of nitrogens with one attached hydrogen (secondary N) is 1. The lowest BCUT2D eigenvalue weighted by Gasteiger charge is -2.25. The van der Waals surface area contributed by atoms with E-state index in [0.29, 0.717) is 37.0 Å². The van der Waals surface area contributed by atoms with Gasteiger partial charge in [-0.2, -0.15) is 4.31 Å². The Labute approximate surface area is 166 Å². The van der Waals surface area contributed by atoms with Crippen molar-refractivity contribution in [3.63, 3.8) is 0 Å². The van der Waals surface area contributed by atoms with E-state index in [1.807, 2.05) is 22.9 Å². The number of hydrogen-bond acceptors (Lipinski definition) is 3. The standard InChI is InChI=1S/C21H29N3O3S/c25-21(22-18-6-2-3-7-18)11-15-23-14-10-17-16-19(8-9-20(17)23)28(26,27)24-12-4-1-5-13-24/h8-10,14,16,18H,1-7,11-13,15H2,(H,22,25). The number of sulfonamides is 1. The normalized spacial score (nSPS) is 19.3. The number of fused-ring (bicyclic) bond motifs is 1. The summed E-state index contributed by atoms with van der Waals surface area (Å²) in [5, 5.41) is 4.02. The Hall–Kier alpha value is -1.86. The summed E-state index contributed by atoms with van der Waals surface area (Å²) in [4.78, 5) is 12.5. The predicted octanol–water partition coefficient (Wildman–Crippen LogP) is 3.26. The third-order valence-corrected chi connectivity index (χ3v) is 7.89. The summed E-state index contributed by atoms with van der Waals surface area (Å²) in [5.41, 5.74) is 0.964. The lowest BCUT2D eigenvalue weighted by atomic mass is 10.2. The van der Waals surface area contributed by atoms with Gasteiger partial charge in [-0.25, -0.2) is 8.42 Å². The fourth-order valence-corrected chi connectivity index (χ4v) is 5.93. The van der Waals surface area contributed by atoms with Gasteiger partial charge in [0.15, 0.2) is 0 Å². The monoisotopic (exact) mass is 403 g/mol. The summed E-state index contributed by atoms with van der Waals surface area (Å²) in [7, 11) is -3.42. The van der Waals surface area contributed by atoms with Crippen LogP contribution in [0.25, 0.3) is 10.9 Å². The molecule has 1 saturated carbocycles. The second-order valence-electron chi connectivity index (χ2n) is 7.99. The van der Waals surface area contributed by atoms with E-state index in [0.717, 1.165) is 43.0 Å². The smallest absolute Gasteiger partial charge is 0.243 e. The first-order valence-electron chi connectivity index (χ1n) is 10.4. The van der Waals surface area contributed by atoms with Gasteiger partial charge in [-0.1, -0.05) is 19.3 Å². The predicted molar refractivity (Wildman–Crippen MR) is 110 cm³/mol. The average Bonchev–Trinajstić information content (AvgIpc) is 3.36. The van der Waals surface area contributed by atoms with Gasteiger partial charge >= 0.3 is 0 Å². The molecular formula is C21H29N3O3S. The summed E-state index contributed by atoms with van der Waals surface area (Å²) < 4.78 is 29.4. The molecule has 4 rings (SSSR count). The molecular weight excluding hydrogens is 374 g/mol. The first-order valence-corrected chi connectivity index (χ1v) is 11.9. The van der Waals surface area contributed by atoms with E-state index in [9.17, 15) is 13.2 Å². The maximum atomic E-state index is 12.9. The molecule has 0 atom stereocenters. The van der Waals surface area contributed by atoms with E-state index in [1.54, 1.807) is 16.4 Å². The molecule has 2 fully saturated rings. The van der Waals surface area contributed by atoms with E-state index in [2.05, 4.69) is 5.32 Å². The molecule has 1 N–H and O–H groups in total. The minimum absolute atomic E-state index is 0.0954. The Bertz CT molecular complexity index is 939. The summed E-state index contributed by atoms with van der Waals surface area (Å²) >= 11 is 0. The Morgan fingerprint density at radius 3 is 2.54 bits per heavy atom. The van der Waals surface area contributed by atoms with Crippen molar-refractivity contribution in [2.24, 2.45) is 0 Å². The molecule has 0 spiro atoms. The highest BCUT2D eigenvalue weighted by molar-refractivity contribution is 7.89. The Kier molecular flexibility index (Phi) is 5.73. The molecule has 2 aliphatic rings. The molecule has 1 aromatic carbocycles. The minimum Gasteiger partial charge on any atom is -0.353 e. The van der Waals surface area contributed by atoms with Crippen LogP contribution in [0, 0.1) is 0 Å². The van der Waals surface area contributed by atoms with Crippen molar-refractivity contribution in [3.8, 4) is 0 Å². The molecule has 0 bridgehead atoms. The van der Waals surface area contributed by atoms with Gasteiger partial charge in [0.05, 0.1) is 4.90 Å². The number of aromatic nitrogens is 1. The van der Waals surface area contributed by atoms with Crippen LogP contribution in [0.4, 0.5) is 0 Å². The van der Waals surface area contributed by atoms with Gasteiger partial charge in [0.1, 0.15) is 0 Å². The zero-order chi connectivity index (χ0) is 19.6. The van der Waals surface area contributed by atoms with E-state index >= 15 is 0 Å². The second-order valence-corrected chi connectivity index (χ2v) is 9.93. The molecule has 1 amide bonds. The lowest BCUT2D eigenvalue weighted by molar-refractivity contribution is -0.121. The molecule has 1 aromatic heterocycles. The van der Waals surface area contributed by atoms with Gasteiger partial charge in [0, 0.05) is 49.2 Å². The third kappa shape index (κ3) is 4.10. The zero-order valence-electron chi connectivity index (χ0n) is 16.3. The number of rotatable bonds is 6. The van der Waals surface area contributed by atoms with Crippen LogP contribution in [0.5, 0.6) is 0 Å². The van der Waals surface area contributed by atoms with Crippen molar-refractivity contribution in [2.75, 3.05) is 13.1 Å². The van der Waals surface area contributed by atoms with Crippen LogP contribution in [-0.4, -0.2) is 42.3 Å². The van der Waals surface area contributed by atoms with Gasteiger partial charge in [-0.05, 0) is 49.9 Å². The molecule has 1 aliphatic heterocycles. The number of benzene rings is 1. The zero-order valence-corrected chi connectivity index (χ0v) is 17.1. The van der Waals surface area contributed by atoms with Crippen molar-refractivity contribution >= 4 is 26.8 Å². The van der Waals surface area contributed by atoms with Gasteiger partial charge < -0.3 is 9.88 Å². The number of piperidine rings is 1. The van der Waals surface area contributed by atoms with Crippen molar-refractivity contribution in [1.29, 1.82) is 0 Å². The number of nitrogens with zero attached hydrogens (tertiary/aromatic N) is 2. The molecule has 28 heavy (non-hydrogen) atoms. The quantitative estimate of drug-likeness (QED) is 0.805. The van der Waals surface area contributed by atoms with E-state index in [4.69, 9.17) is 0 Å². The summed E-state index contributed by atoms with van der Waals surface area (Å²) in [5.74, 6) is 0.0954. The van der Waals surface area contributed by atoms with Crippen LogP contribution in [-0.2, 0) is 21.4 Å². The molecule has 152 valence electrons. The highest BCUT2D eigenvalue weighted by Crippen LogP contribution is 2.25. The number of aryl methyl sites for hydroxylation is 1. The van der Waals surface area contributed by atoms with Crippen LogP contribution in [0.3, 0.4) is 0 Å². The van der Waals surface area contributed by atoms with E-state index in [-0.39, 0.29) is 5.91 Å². The molecule has 0 radical (unpaired) electrons. The van der Waals surface area contributed by atoms with Crippen LogP contribution in [0.1, 0.15) is 51.4 Å². The summed E-state index contributed by atoms with van der Waals surface area (Å²) in [6.07, 6.45) is 9.92. The Morgan fingerprint density at radius 2 is 1.79 bits per heavy atom. The summed E-state index contributed by atoms with van der Waals surface area (Å²) in [6.45, 7) is 1.81. The fourth-order valence-electron chi connectivity index (χ4n) is 4.38. The number of carbonyl (C=O) groups is 1. The molecule has 1 aliphatic carbocycles. The molecule has 0 unspecified atom stereocenters.